The minimum absolute atomic E-state index is 0.174. The maximum Gasteiger partial charge on any atom is 0.408 e. The summed E-state index contributed by atoms with van der Waals surface area (Å²) in [6, 6.07) is 3.45. The Kier molecular flexibility index (Phi) is 5.93. The van der Waals surface area contributed by atoms with Crippen LogP contribution in [-0.2, 0) is 9.53 Å². The van der Waals surface area contributed by atoms with Gasteiger partial charge in [0.05, 0.1) is 12.2 Å². The number of hydrogen-bond acceptors (Lipinski definition) is 4. The highest BCUT2D eigenvalue weighted by Gasteiger charge is 2.15. The van der Waals surface area contributed by atoms with Gasteiger partial charge in [-0.05, 0) is 39.8 Å². The molecule has 1 aromatic heterocycles. The zero-order valence-corrected chi connectivity index (χ0v) is 13.5. The summed E-state index contributed by atoms with van der Waals surface area (Å²) in [6.07, 6.45) is -0.502. The van der Waals surface area contributed by atoms with Gasteiger partial charge in [0.25, 0.3) is 0 Å². The van der Waals surface area contributed by atoms with Crippen LogP contribution in [-0.4, -0.2) is 29.1 Å². The molecule has 118 valence electrons. The van der Waals surface area contributed by atoms with E-state index in [9.17, 15) is 9.59 Å². The molecule has 0 aromatic carbocycles. The first-order valence-corrected chi connectivity index (χ1v) is 6.88. The number of carbonyl (C=O) groups is 2. The molecule has 0 atom stereocenters. The molecule has 2 N–H and O–H groups in total. The van der Waals surface area contributed by atoms with Crippen LogP contribution in [0.25, 0.3) is 0 Å². The number of nitrogens with zero attached hydrogens (tertiary/aromatic N) is 1. The fourth-order valence-electron chi connectivity index (χ4n) is 1.51. The lowest BCUT2D eigenvalue weighted by Gasteiger charge is -2.19. The molecular weight excluding hydrogens is 282 g/mol. The molecule has 0 aliphatic heterocycles. The van der Waals surface area contributed by atoms with E-state index < -0.39 is 11.7 Å². The van der Waals surface area contributed by atoms with Gasteiger partial charge in [-0.15, -0.1) is 0 Å². The molecule has 0 aliphatic rings. The van der Waals surface area contributed by atoms with Crippen LogP contribution in [0.2, 0.25) is 0 Å². The quantitative estimate of drug-likeness (QED) is 0.821. The molecule has 22 heavy (non-hydrogen) atoms. The Hall–Kier alpha value is -2.55. The standard InChI is InChI=1S/C16H21N3O3/c1-11-13(8-9-14(18-11)19-12(2)20)7-6-10-17-15(21)22-16(3,4)5/h8-9H,10H2,1-5H3,(H,17,21)(H,18,19,20). The number of pyridine rings is 1. The third kappa shape index (κ3) is 6.75. The molecule has 1 aromatic rings. The SMILES string of the molecule is CC(=O)Nc1ccc(C#CCNC(=O)OC(C)(C)C)c(C)n1. The third-order valence-electron chi connectivity index (χ3n) is 2.33. The number of aryl methyl sites for hydroxylation is 1. The number of carbonyl (C=O) groups excluding carboxylic acids is 2. The van der Waals surface area contributed by atoms with E-state index in [1.54, 1.807) is 39.8 Å². The average Bonchev–Trinajstić information content (AvgIpc) is 2.33. The molecule has 1 heterocycles. The van der Waals surface area contributed by atoms with E-state index in [4.69, 9.17) is 4.74 Å². The predicted octanol–water partition coefficient (Wildman–Crippen LogP) is 2.22. The second-order valence-electron chi connectivity index (χ2n) is 5.67. The van der Waals surface area contributed by atoms with E-state index in [2.05, 4.69) is 27.5 Å². The van der Waals surface area contributed by atoms with Crippen molar-refractivity contribution in [3.05, 3.63) is 23.4 Å². The summed E-state index contributed by atoms with van der Waals surface area (Å²) < 4.78 is 5.10. The molecular formula is C16H21N3O3. The normalized spacial score (nSPS) is 10.2. The van der Waals surface area contributed by atoms with Gasteiger partial charge in [0.15, 0.2) is 0 Å². The number of ether oxygens (including phenoxy) is 1. The van der Waals surface area contributed by atoms with Crippen molar-refractivity contribution in [2.75, 3.05) is 11.9 Å². The number of anilines is 1. The van der Waals surface area contributed by atoms with Crippen molar-refractivity contribution in [2.45, 2.75) is 40.2 Å². The number of alkyl carbamates (subject to hydrolysis) is 1. The van der Waals surface area contributed by atoms with Crippen molar-refractivity contribution >= 4 is 17.8 Å². The van der Waals surface area contributed by atoms with Crippen LogP contribution in [0.5, 0.6) is 0 Å². The first kappa shape index (κ1) is 17.5. The highest BCUT2D eigenvalue weighted by Crippen LogP contribution is 2.09. The summed E-state index contributed by atoms with van der Waals surface area (Å²) in [4.78, 5) is 26.6. The Morgan fingerprint density at radius 2 is 2.00 bits per heavy atom. The van der Waals surface area contributed by atoms with Crippen LogP contribution in [0.3, 0.4) is 0 Å². The fraction of sp³-hybridized carbons (Fsp3) is 0.438. The summed E-state index contributed by atoms with van der Waals surface area (Å²) in [5, 5.41) is 5.16. The topological polar surface area (TPSA) is 80.3 Å². The number of amides is 2. The molecule has 0 saturated carbocycles. The van der Waals surface area contributed by atoms with Crippen LogP contribution in [0.1, 0.15) is 39.0 Å². The van der Waals surface area contributed by atoms with E-state index in [1.165, 1.54) is 6.92 Å². The van der Waals surface area contributed by atoms with Crippen molar-refractivity contribution in [1.82, 2.24) is 10.3 Å². The van der Waals surface area contributed by atoms with Crippen LogP contribution in [0.4, 0.5) is 10.6 Å². The Balaban J connectivity index is 2.58. The van der Waals surface area contributed by atoms with Gasteiger partial charge in [-0.2, -0.15) is 0 Å². The maximum absolute atomic E-state index is 11.4. The Morgan fingerprint density at radius 3 is 2.55 bits per heavy atom. The number of hydrogen-bond donors (Lipinski definition) is 2. The van der Waals surface area contributed by atoms with Crippen molar-refractivity contribution in [3.63, 3.8) is 0 Å². The predicted molar refractivity (Wildman–Crippen MR) is 84.4 cm³/mol. The van der Waals surface area contributed by atoms with Crippen LogP contribution >= 0.6 is 0 Å². The molecule has 0 radical (unpaired) electrons. The zero-order valence-electron chi connectivity index (χ0n) is 13.5. The lowest BCUT2D eigenvalue weighted by molar-refractivity contribution is -0.114. The van der Waals surface area contributed by atoms with Gasteiger partial charge in [0.1, 0.15) is 11.4 Å². The highest BCUT2D eigenvalue weighted by molar-refractivity contribution is 5.87. The molecule has 0 spiro atoms. The highest BCUT2D eigenvalue weighted by atomic mass is 16.6. The average molecular weight is 303 g/mol. The van der Waals surface area contributed by atoms with E-state index >= 15 is 0 Å². The molecule has 0 unspecified atom stereocenters. The zero-order chi connectivity index (χ0) is 16.8. The van der Waals surface area contributed by atoms with Gasteiger partial charge in [-0.3, -0.25) is 4.79 Å². The van der Waals surface area contributed by atoms with Crippen LogP contribution < -0.4 is 10.6 Å². The van der Waals surface area contributed by atoms with Crippen molar-refractivity contribution in [2.24, 2.45) is 0 Å². The summed E-state index contributed by atoms with van der Waals surface area (Å²) in [5.41, 5.74) is 0.911. The summed E-state index contributed by atoms with van der Waals surface area (Å²) in [6.45, 7) is 8.79. The second kappa shape index (κ2) is 7.46. The number of nitrogens with one attached hydrogen (secondary N) is 2. The number of aromatic nitrogens is 1. The summed E-state index contributed by atoms with van der Waals surface area (Å²) in [7, 11) is 0. The van der Waals surface area contributed by atoms with E-state index in [-0.39, 0.29) is 12.5 Å². The first-order chi connectivity index (χ1) is 10.2. The minimum Gasteiger partial charge on any atom is -0.444 e. The Labute approximate surface area is 130 Å². The van der Waals surface area contributed by atoms with Crippen LogP contribution in [0.15, 0.2) is 12.1 Å². The van der Waals surface area contributed by atoms with E-state index in [1.807, 2.05) is 0 Å². The van der Waals surface area contributed by atoms with E-state index in [0.717, 1.165) is 5.56 Å². The molecule has 2 amide bonds. The van der Waals surface area contributed by atoms with Gasteiger partial charge in [0.2, 0.25) is 5.91 Å². The molecule has 0 bridgehead atoms. The largest absolute Gasteiger partial charge is 0.444 e. The Morgan fingerprint density at radius 1 is 1.32 bits per heavy atom. The van der Waals surface area contributed by atoms with E-state index in [0.29, 0.717) is 11.5 Å². The molecule has 6 heteroatoms. The summed E-state index contributed by atoms with van der Waals surface area (Å²) in [5.74, 6) is 6.06. The monoisotopic (exact) mass is 303 g/mol. The molecule has 0 saturated heterocycles. The molecule has 0 aliphatic carbocycles. The van der Waals surface area contributed by atoms with Crippen molar-refractivity contribution < 1.29 is 14.3 Å². The van der Waals surface area contributed by atoms with Crippen molar-refractivity contribution in [1.29, 1.82) is 0 Å². The lowest BCUT2D eigenvalue weighted by atomic mass is 10.2. The minimum atomic E-state index is -0.530. The third-order valence-corrected chi connectivity index (χ3v) is 2.33. The van der Waals surface area contributed by atoms with Gasteiger partial charge in [-0.25, -0.2) is 9.78 Å². The fourth-order valence-corrected chi connectivity index (χ4v) is 1.51. The van der Waals surface area contributed by atoms with Gasteiger partial charge in [0, 0.05) is 12.5 Å². The lowest BCUT2D eigenvalue weighted by Crippen LogP contribution is -2.32. The smallest absolute Gasteiger partial charge is 0.408 e. The molecule has 0 fully saturated rings. The van der Waals surface area contributed by atoms with Gasteiger partial charge >= 0.3 is 6.09 Å². The van der Waals surface area contributed by atoms with Gasteiger partial charge < -0.3 is 15.4 Å². The van der Waals surface area contributed by atoms with Crippen LogP contribution in [0, 0.1) is 18.8 Å². The molecule has 1 rings (SSSR count). The second-order valence-corrected chi connectivity index (χ2v) is 5.67. The summed E-state index contributed by atoms with van der Waals surface area (Å²) >= 11 is 0. The van der Waals surface area contributed by atoms with Gasteiger partial charge in [-0.1, -0.05) is 11.8 Å². The Bertz CT molecular complexity index is 622. The maximum atomic E-state index is 11.4. The first-order valence-electron chi connectivity index (χ1n) is 6.88. The number of rotatable bonds is 2. The van der Waals surface area contributed by atoms with Crippen molar-refractivity contribution in [3.8, 4) is 11.8 Å². The molecule has 6 nitrogen and oxygen atoms in total.